The molecule has 0 saturated heterocycles. The first-order chi connectivity index (χ1) is 13.0. The summed E-state index contributed by atoms with van der Waals surface area (Å²) in [5.41, 5.74) is 0.196. The molecular formula is C17H16F2N2O6S. The minimum Gasteiger partial charge on any atom is -0.495 e. The minimum absolute atomic E-state index is 0.0317. The Morgan fingerprint density at radius 2 is 1.79 bits per heavy atom. The Morgan fingerprint density at radius 3 is 2.43 bits per heavy atom. The molecule has 0 spiro atoms. The van der Waals surface area contributed by atoms with Crippen LogP contribution in [0.25, 0.3) is 0 Å². The smallest absolute Gasteiger partial charge is 0.495 e. The number of benzene rings is 2. The number of rotatable bonds is 5. The van der Waals surface area contributed by atoms with Crippen LogP contribution in [-0.2, 0) is 10.0 Å². The van der Waals surface area contributed by atoms with Gasteiger partial charge in [-0.25, -0.2) is 12.7 Å². The third kappa shape index (κ3) is 3.71. The number of fused-ring (bicyclic) bond motifs is 1. The minimum atomic E-state index is -3.86. The first kappa shape index (κ1) is 19.8. The van der Waals surface area contributed by atoms with Gasteiger partial charge >= 0.3 is 6.29 Å². The summed E-state index contributed by atoms with van der Waals surface area (Å²) in [6, 6.07) is 7.65. The predicted molar refractivity (Wildman–Crippen MR) is 94.5 cm³/mol. The molecule has 0 saturated carbocycles. The van der Waals surface area contributed by atoms with Crippen LogP contribution in [0.3, 0.4) is 0 Å². The number of anilines is 1. The van der Waals surface area contributed by atoms with Gasteiger partial charge in [-0.3, -0.25) is 4.79 Å². The van der Waals surface area contributed by atoms with Crippen LogP contribution in [0.15, 0.2) is 41.3 Å². The van der Waals surface area contributed by atoms with E-state index in [-0.39, 0.29) is 33.4 Å². The Morgan fingerprint density at radius 1 is 1.11 bits per heavy atom. The number of halogens is 2. The van der Waals surface area contributed by atoms with Crippen LogP contribution in [0, 0.1) is 0 Å². The Bertz CT molecular complexity index is 1040. The molecule has 1 amide bonds. The van der Waals surface area contributed by atoms with E-state index in [0.29, 0.717) is 0 Å². The van der Waals surface area contributed by atoms with E-state index < -0.39 is 22.2 Å². The zero-order valence-corrected chi connectivity index (χ0v) is 15.8. The molecule has 0 aromatic heterocycles. The number of alkyl halides is 2. The monoisotopic (exact) mass is 414 g/mol. The fourth-order valence-electron chi connectivity index (χ4n) is 2.45. The fraction of sp³-hybridized carbons (Fsp3) is 0.235. The van der Waals surface area contributed by atoms with Crippen molar-refractivity contribution in [1.82, 2.24) is 4.31 Å². The van der Waals surface area contributed by atoms with E-state index >= 15 is 0 Å². The van der Waals surface area contributed by atoms with Crippen LogP contribution in [0.2, 0.25) is 0 Å². The van der Waals surface area contributed by atoms with Crippen molar-refractivity contribution in [3.8, 4) is 17.2 Å². The average Bonchev–Trinajstić information content (AvgIpc) is 2.93. The highest BCUT2D eigenvalue weighted by Crippen LogP contribution is 2.42. The summed E-state index contributed by atoms with van der Waals surface area (Å²) in [6.45, 7) is 0. The molecule has 11 heteroatoms. The molecule has 2 aromatic carbocycles. The van der Waals surface area contributed by atoms with Crippen LogP contribution in [0.5, 0.6) is 17.2 Å². The summed E-state index contributed by atoms with van der Waals surface area (Å²) >= 11 is 0. The van der Waals surface area contributed by atoms with Crippen LogP contribution < -0.4 is 19.5 Å². The van der Waals surface area contributed by atoms with Crippen molar-refractivity contribution in [2.45, 2.75) is 11.2 Å². The van der Waals surface area contributed by atoms with Gasteiger partial charge < -0.3 is 19.5 Å². The van der Waals surface area contributed by atoms with E-state index in [1.54, 1.807) is 0 Å². The Balaban J connectivity index is 1.88. The Kier molecular flexibility index (Phi) is 4.90. The maximum Gasteiger partial charge on any atom is 0.586 e. The lowest BCUT2D eigenvalue weighted by Gasteiger charge is -2.15. The molecule has 0 atom stereocenters. The molecule has 28 heavy (non-hydrogen) atoms. The topological polar surface area (TPSA) is 94.2 Å². The van der Waals surface area contributed by atoms with Gasteiger partial charge in [-0.05, 0) is 30.3 Å². The van der Waals surface area contributed by atoms with Gasteiger partial charge in [0.1, 0.15) is 10.6 Å². The molecular weight excluding hydrogens is 398 g/mol. The molecule has 0 bridgehead atoms. The molecule has 0 radical (unpaired) electrons. The van der Waals surface area contributed by atoms with Gasteiger partial charge in [-0.2, -0.15) is 0 Å². The van der Waals surface area contributed by atoms with Crippen LogP contribution >= 0.6 is 0 Å². The molecule has 2 aromatic rings. The van der Waals surface area contributed by atoms with Gasteiger partial charge in [0.25, 0.3) is 5.91 Å². The van der Waals surface area contributed by atoms with Crippen molar-refractivity contribution in [3.63, 3.8) is 0 Å². The number of methoxy groups -OCH3 is 1. The number of nitrogens with one attached hydrogen (secondary N) is 1. The molecule has 0 unspecified atom stereocenters. The summed E-state index contributed by atoms with van der Waals surface area (Å²) in [5, 5.41) is 2.49. The maximum atomic E-state index is 13.1. The normalized spacial score (nSPS) is 14.8. The molecule has 1 N–H and O–H groups in total. The molecule has 0 aliphatic carbocycles. The number of sulfonamides is 1. The van der Waals surface area contributed by atoms with Crippen LogP contribution in [-0.4, -0.2) is 46.1 Å². The van der Waals surface area contributed by atoms with Crippen LogP contribution in [0.4, 0.5) is 14.5 Å². The quantitative estimate of drug-likeness (QED) is 0.808. The highest BCUT2D eigenvalue weighted by Gasteiger charge is 2.43. The molecule has 1 aliphatic heterocycles. The van der Waals surface area contributed by atoms with Crippen molar-refractivity contribution in [2.75, 3.05) is 26.5 Å². The van der Waals surface area contributed by atoms with Crippen LogP contribution in [0.1, 0.15) is 10.4 Å². The third-order valence-electron chi connectivity index (χ3n) is 3.84. The number of hydrogen-bond donors (Lipinski definition) is 1. The highest BCUT2D eigenvalue weighted by atomic mass is 32.2. The van der Waals surface area contributed by atoms with E-state index in [4.69, 9.17) is 4.74 Å². The summed E-state index contributed by atoms with van der Waals surface area (Å²) in [6.07, 6.45) is -3.77. The lowest BCUT2D eigenvalue weighted by atomic mass is 10.2. The number of amides is 1. The van der Waals surface area contributed by atoms with Gasteiger partial charge in [-0.15, -0.1) is 8.78 Å². The second-order valence-electron chi connectivity index (χ2n) is 5.94. The molecule has 1 heterocycles. The van der Waals surface area contributed by atoms with Gasteiger partial charge in [0, 0.05) is 31.4 Å². The Labute approximate surface area is 159 Å². The zero-order valence-electron chi connectivity index (χ0n) is 15.0. The second-order valence-corrected chi connectivity index (χ2v) is 8.06. The van der Waals surface area contributed by atoms with E-state index in [9.17, 15) is 22.0 Å². The average molecular weight is 414 g/mol. The largest absolute Gasteiger partial charge is 0.586 e. The number of hydrogen-bond acceptors (Lipinski definition) is 6. The first-order valence-corrected chi connectivity index (χ1v) is 9.29. The summed E-state index contributed by atoms with van der Waals surface area (Å²) in [4.78, 5) is 12.3. The Hall–Kier alpha value is -2.92. The van der Waals surface area contributed by atoms with E-state index in [2.05, 4.69) is 14.8 Å². The number of carbonyl (C=O) groups excluding carboxylic acids is 1. The summed E-state index contributed by atoms with van der Waals surface area (Å²) < 4.78 is 65.7. The molecule has 1 aliphatic rings. The van der Waals surface area contributed by atoms with E-state index in [1.165, 1.54) is 57.6 Å². The van der Waals surface area contributed by atoms with Crippen molar-refractivity contribution in [3.05, 3.63) is 42.0 Å². The lowest BCUT2D eigenvalue weighted by molar-refractivity contribution is -0.286. The summed E-state index contributed by atoms with van der Waals surface area (Å²) in [7, 11) is 0.153. The standard InChI is InChI=1S/C17H16F2N2O6S/c1-21(2)28(23,24)15-8-10(4-6-13(15)25-3)16(22)20-11-5-7-12-14(9-11)27-17(18,19)26-12/h4-9H,1-3H3,(H,20,22). The first-order valence-electron chi connectivity index (χ1n) is 7.85. The van der Waals surface area contributed by atoms with Crippen molar-refractivity contribution >= 4 is 21.6 Å². The van der Waals surface area contributed by atoms with Gasteiger partial charge in [-0.1, -0.05) is 0 Å². The molecule has 0 fully saturated rings. The number of ether oxygens (including phenoxy) is 3. The van der Waals surface area contributed by atoms with Crippen molar-refractivity contribution in [1.29, 1.82) is 0 Å². The third-order valence-corrected chi connectivity index (χ3v) is 5.68. The van der Waals surface area contributed by atoms with E-state index in [0.717, 1.165) is 4.31 Å². The lowest BCUT2D eigenvalue weighted by Crippen LogP contribution is -2.25. The SMILES string of the molecule is COc1ccc(C(=O)Nc2ccc3c(c2)OC(F)(F)O3)cc1S(=O)(=O)N(C)C. The van der Waals surface area contributed by atoms with Crippen molar-refractivity contribution in [2.24, 2.45) is 0 Å². The van der Waals surface area contributed by atoms with Gasteiger partial charge in [0.15, 0.2) is 11.5 Å². The summed E-state index contributed by atoms with van der Waals surface area (Å²) in [5.74, 6) is -0.959. The molecule has 3 rings (SSSR count). The number of carbonyl (C=O) groups is 1. The predicted octanol–water partition coefficient (Wildman–Crippen LogP) is 2.52. The van der Waals surface area contributed by atoms with Crippen molar-refractivity contribution < 1.29 is 36.2 Å². The number of nitrogens with zero attached hydrogens (tertiary/aromatic N) is 1. The molecule has 8 nitrogen and oxygen atoms in total. The van der Waals surface area contributed by atoms with E-state index in [1.807, 2.05) is 0 Å². The zero-order chi connectivity index (χ0) is 20.7. The second kappa shape index (κ2) is 6.91. The molecule has 150 valence electrons. The van der Waals surface area contributed by atoms with Gasteiger partial charge in [0.2, 0.25) is 10.0 Å². The fourth-order valence-corrected chi connectivity index (χ4v) is 3.52. The van der Waals surface area contributed by atoms with Gasteiger partial charge in [0.05, 0.1) is 7.11 Å². The highest BCUT2D eigenvalue weighted by molar-refractivity contribution is 7.89. The maximum absolute atomic E-state index is 13.1.